The third kappa shape index (κ3) is 3.08. The summed E-state index contributed by atoms with van der Waals surface area (Å²) in [5, 5.41) is 3.31. The van der Waals surface area contributed by atoms with Gasteiger partial charge in [-0.2, -0.15) is 0 Å². The van der Waals surface area contributed by atoms with Gasteiger partial charge in [-0.25, -0.2) is 4.39 Å². The summed E-state index contributed by atoms with van der Waals surface area (Å²) >= 11 is 0. The fourth-order valence-electron chi connectivity index (χ4n) is 2.44. The number of furan rings is 1. The van der Waals surface area contributed by atoms with Crippen molar-refractivity contribution < 1.29 is 13.5 Å². The molecule has 1 N–H and O–H groups in total. The topological polar surface area (TPSA) is 34.4 Å². The predicted molar refractivity (Wildman–Crippen MR) is 74.8 cm³/mol. The van der Waals surface area contributed by atoms with Crippen molar-refractivity contribution in [2.45, 2.75) is 25.5 Å². The van der Waals surface area contributed by atoms with Crippen LogP contribution in [0.2, 0.25) is 0 Å². The van der Waals surface area contributed by atoms with Gasteiger partial charge < -0.3 is 14.5 Å². The van der Waals surface area contributed by atoms with Gasteiger partial charge >= 0.3 is 0 Å². The number of rotatable bonds is 5. The number of nitrogens with one attached hydrogen (secondary N) is 1. The van der Waals surface area contributed by atoms with E-state index in [2.05, 4.69) is 5.32 Å². The van der Waals surface area contributed by atoms with Gasteiger partial charge in [0.05, 0.1) is 18.2 Å². The molecule has 20 heavy (non-hydrogen) atoms. The van der Waals surface area contributed by atoms with Crippen LogP contribution in [0.25, 0.3) is 11.3 Å². The van der Waals surface area contributed by atoms with Crippen LogP contribution in [0.3, 0.4) is 0 Å². The molecule has 0 saturated carbocycles. The van der Waals surface area contributed by atoms with E-state index in [4.69, 9.17) is 9.15 Å². The van der Waals surface area contributed by atoms with E-state index in [1.165, 1.54) is 6.07 Å². The fourth-order valence-corrected chi connectivity index (χ4v) is 2.44. The van der Waals surface area contributed by atoms with Crippen LogP contribution in [-0.4, -0.2) is 19.3 Å². The number of hydrogen-bond acceptors (Lipinski definition) is 3. The van der Waals surface area contributed by atoms with Crippen molar-refractivity contribution in [1.82, 2.24) is 5.32 Å². The molecular weight excluding hydrogens is 257 g/mol. The lowest BCUT2D eigenvalue weighted by molar-refractivity contribution is 0.109. The van der Waals surface area contributed by atoms with E-state index >= 15 is 0 Å². The minimum Gasteiger partial charge on any atom is -0.460 e. The first-order chi connectivity index (χ1) is 9.83. The van der Waals surface area contributed by atoms with Crippen molar-refractivity contribution >= 4 is 0 Å². The molecule has 2 aromatic rings. The summed E-state index contributed by atoms with van der Waals surface area (Å²) in [7, 11) is 0. The van der Waals surface area contributed by atoms with E-state index in [9.17, 15) is 4.39 Å². The van der Waals surface area contributed by atoms with Crippen LogP contribution >= 0.6 is 0 Å². The van der Waals surface area contributed by atoms with E-state index in [-0.39, 0.29) is 5.82 Å². The van der Waals surface area contributed by atoms with Gasteiger partial charge in [-0.05, 0) is 37.1 Å². The third-order valence-electron chi connectivity index (χ3n) is 3.50. The van der Waals surface area contributed by atoms with Gasteiger partial charge in [0.1, 0.15) is 17.3 Å². The van der Waals surface area contributed by atoms with Crippen molar-refractivity contribution in [3.8, 4) is 11.3 Å². The Bertz CT molecular complexity index is 561. The number of benzene rings is 1. The van der Waals surface area contributed by atoms with Gasteiger partial charge in [0.15, 0.2) is 0 Å². The molecule has 1 fully saturated rings. The highest BCUT2D eigenvalue weighted by Crippen LogP contribution is 2.24. The van der Waals surface area contributed by atoms with Gasteiger partial charge in [-0.1, -0.05) is 12.1 Å². The lowest BCUT2D eigenvalue weighted by Gasteiger charge is -2.09. The SMILES string of the molecule is Fc1ccccc1-c1ccc(CNCC2CCCO2)o1. The second-order valence-electron chi connectivity index (χ2n) is 5.01. The van der Waals surface area contributed by atoms with Crippen LogP contribution in [-0.2, 0) is 11.3 Å². The first-order valence-electron chi connectivity index (χ1n) is 6.99. The molecule has 0 spiro atoms. The Kier molecular flexibility index (Phi) is 4.14. The molecule has 3 nitrogen and oxygen atoms in total. The number of halogens is 1. The molecule has 2 heterocycles. The molecule has 0 bridgehead atoms. The van der Waals surface area contributed by atoms with E-state index in [0.717, 1.165) is 31.8 Å². The monoisotopic (exact) mass is 275 g/mol. The van der Waals surface area contributed by atoms with Crippen LogP contribution in [0, 0.1) is 5.82 Å². The second kappa shape index (κ2) is 6.20. The van der Waals surface area contributed by atoms with Crippen molar-refractivity contribution in [2.75, 3.05) is 13.2 Å². The molecule has 1 unspecified atom stereocenters. The maximum absolute atomic E-state index is 13.6. The maximum atomic E-state index is 13.6. The highest BCUT2D eigenvalue weighted by molar-refractivity contribution is 5.58. The molecule has 1 aromatic carbocycles. The lowest BCUT2D eigenvalue weighted by Crippen LogP contribution is -2.25. The highest BCUT2D eigenvalue weighted by atomic mass is 19.1. The smallest absolute Gasteiger partial charge is 0.137 e. The van der Waals surface area contributed by atoms with Crippen LogP contribution in [0.5, 0.6) is 0 Å². The summed E-state index contributed by atoms with van der Waals surface area (Å²) in [6, 6.07) is 10.3. The average molecular weight is 275 g/mol. The molecule has 1 atom stereocenters. The predicted octanol–water partition coefficient (Wildman–Crippen LogP) is 3.35. The first-order valence-corrected chi connectivity index (χ1v) is 6.99. The van der Waals surface area contributed by atoms with E-state index in [1.807, 2.05) is 12.1 Å². The molecule has 0 aliphatic carbocycles. The molecule has 1 aliphatic rings. The number of hydrogen-bond donors (Lipinski definition) is 1. The normalized spacial score (nSPS) is 18.6. The largest absolute Gasteiger partial charge is 0.460 e. The summed E-state index contributed by atoms with van der Waals surface area (Å²) in [6.45, 7) is 2.33. The van der Waals surface area contributed by atoms with Crippen LogP contribution in [0.15, 0.2) is 40.8 Å². The Hall–Kier alpha value is -1.65. The molecule has 4 heteroatoms. The summed E-state index contributed by atoms with van der Waals surface area (Å²) in [4.78, 5) is 0. The maximum Gasteiger partial charge on any atom is 0.137 e. The molecular formula is C16H18FNO2. The molecule has 0 radical (unpaired) electrons. The van der Waals surface area contributed by atoms with Gasteiger partial charge in [-0.3, -0.25) is 0 Å². The summed E-state index contributed by atoms with van der Waals surface area (Å²) in [5.41, 5.74) is 0.498. The van der Waals surface area contributed by atoms with E-state index < -0.39 is 0 Å². The molecule has 1 aliphatic heterocycles. The summed E-state index contributed by atoms with van der Waals surface area (Å²) < 4.78 is 24.9. The van der Waals surface area contributed by atoms with Crippen LogP contribution in [0.4, 0.5) is 4.39 Å². The van der Waals surface area contributed by atoms with Gasteiger partial charge in [0.2, 0.25) is 0 Å². The van der Waals surface area contributed by atoms with E-state index in [1.54, 1.807) is 18.2 Å². The van der Waals surface area contributed by atoms with Gasteiger partial charge in [-0.15, -0.1) is 0 Å². The molecule has 106 valence electrons. The molecule has 3 rings (SSSR count). The summed E-state index contributed by atoms with van der Waals surface area (Å²) in [5.74, 6) is 1.11. The van der Waals surface area contributed by atoms with Gasteiger partial charge in [0.25, 0.3) is 0 Å². The van der Waals surface area contributed by atoms with Gasteiger partial charge in [0, 0.05) is 13.2 Å². The number of ether oxygens (including phenoxy) is 1. The second-order valence-corrected chi connectivity index (χ2v) is 5.01. The Morgan fingerprint density at radius 3 is 2.90 bits per heavy atom. The highest BCUT2D eigenvalue weighted by Gasteiger charge is 2.15. The van der Waals surface area contributed by atoms with Crippen molar-refractivity contribution in [3.63, 3.8) is 0 Å². The Balaban J connectivity index is 1.58. The lowest BCUT2D eigenvalue weighted by atomic mass is 10.1. The average Bonchev–Trinajstić information content (AvgIpc) is 3.11. The van der Waals surface area contributed by atoms with Crippen LogP contribution < -0.4 is 5.32 Å². The van der Waals surface area contributed by atoms with Crippen molar-refractivity contribution in [3.05, 3.63) is 48.0 Å². The zero-order chi connectivity index (χ0) is 13.8. The minimum atomic E-state index is -0.263. The fraction of sp³-hybridized carbons (Fsp3) is 0.375. The Morgan fingerprint density at radius 2 is 2.10 bits per heavy atom. The molecule has 1 aromatic heterocycles. The first kappa shape index (κ1) is 13.3. The van der Waals surface area contributed by atoms with Crippen molar-refractivity contribution in [2.24, 2.45) is 0 Å². The van der Waals surface area contributed by atoms with E-state index in [0.29, 0.717) is 24.0 Å². The van der Waals surface area contributed by atoms with Crippen LogP contribution in [0.1, 0.15) is 18.6 Å². The molecule has 0 amide bonds. The minimum absolute atomic E-state index is 0.263. The standard InChI is InChI=1S/C16H18FNO2/c17-15-6-2-1-5-14(15)16-8-7-13(20-16)11-18-10-12-4-3-9-19-12/h1-2,5-8,12,18H,3-4,9-11H2. The zero-order valence-corrected chi connectivity index (χ0v) is 11.3. The zero-order valence-electron chi connectivity index (χ0n) is 11.3. The Morgan fingerprint density at radius 1 is 1.20 bits per heavy atom. The Labute approximate surface area is 117 Å². The quantitative estimate of drug-likeness (QED) is 0.908. The summed E-state index contributed by atoms with van der Waals surface area (Å²) in [6.07, 6.45) is 2.58. The van der Waals surface area contributed by atoms with Crippen molar-refractivity contribution in [1.29, 1.82) is 0 Å². The molecule has 1 saturated heterocycles. The third-order valence-corrected chi connectivity index (χ3v) is 3.50.